The van der Waals surface area contributed by atoms with Crippen LogP contribution in [0, 0.1) is 5.92 Å². The van der Waals surface area contributed by atoms with Crippen LogP contribution in [0.5, 0.6) is 0 Å². The van der Waals surface area contributed by atoms with Crippen LogP contribution < -0.4 is 11.1 Å². The number of nitrogen functional groups attached to an aromatic ring is 1. The summed E-state index contributed by atoms with van der Waals surface area (Å²) in [5.41, 5.74) is 6.05. The molecule has 3 N–H and O–H groups in total. The number of anilines is 1. The van der Waals surface area contributed by atoms with Gasteiger partial charge >= 0.3 is 6.18 Å². The molecule has 2 rings (SSSR count). The first-order valence-corrected chi connectivity index (χ1v) is 6.45. The molecule has 0 spiro atoms. The summed E-state index contributed by atoms with van der Waals surface area (Å²) in [6, 6.07) is 2.53. The minimum absolute atomic E-state index is 0.0653. The summed E-state index contributed by atoms with van der Waals surface area (Å²) in [5.74, 6) is -1.79. The van der Waals surface area contributed by atoms with Gasteiger partial charge in [0.25, 0.3) is 5.91 Å². The van der Waals surface area contributed by atoms with E-state index in [0.717, 1.165) is 0 Å². The molecule has 1 heterocycles. The Bertz CT molecular complexity index is 473. The number of halogens is 3. The molecular weight excluding hydrogens is 271 g/mol. The van der Waals surface area contributed by atoms with E-state index >= 15 is 0 Å². The van der Waals surface area contributed by atoms with E-state index in [4.69, 9.17) is 5.73 Å². The Morgan fingerprint density at radius 3 is 2.70 bits per heavy atom. The van der Waals surface area contributed by atoms with Gasteiger partial charge in [0.1, 0.15) is 5.69 Å². The quantitative estimate of drug-likeness (QED) is 0.878. The average Bonchev–Trinajstić information content (AvgIpc) is 2.38. The summed E-state index contributed by atoms with van der Waals surface area (Å²) in [6.07, 6.45) is -1.76. The van der Waals surface area contributed by atoms with Gasteiger partial charge in [-0.1, -0.05) is 6.42 Å². The predicted molar refractivity (Wildman–Crippen MR) is 67.9 cm³/mol. The third-order valence-corrected chi connectivity index (χ3v) is 3.49. The Hall–Kier alpha value is -1.79. The van der Waals surface area contributed by atoms with Crippen molar-refractivity contribution >= 4 is 11.6 Å². The normalized spacial score (nSPS) is 23.4. The number of carbonyl (C=O) groups is 1. The number of hydrogen-bond acceptors (Lipinski definition) is 3. The molecule has 1 amide bonds. The highest BCUT2D eigenvalue weighted by atomic mass is 19.4. The summed E-state index contributed by atoms with van der Waals surface area (Å²) >= 11 is 0. The van der Waals surface area contributed by atoms with E-state index in [1.54, 1.807) is 0 Å². The molecule has 1 aliphatic rings. The van der Waals surface area contributed by atoms with E-state index in [9.17, 15) is 18.0 Å². The van der Waals surface area contributed by atoms with E-state index in [-0.39, 0.29) is 18.5 Å². The minimum atomic E-state index is -4.19. The first-order valence-electron chi connectivity index (χ1n) is 6.45. The minimum Gasteiger partial charge on any atom is -0.397 e. The predicted octanol–water partition coefficient (Wildman–Crippen LogP) is 2.51. The average molecular weight is 287 g/mol. The second kappa shape index (κ2) is 5.68. The smallest absolute Gasteiger partial charge is 0.391 e. The Morgan fingerprint density at radius 2 is 2.10 bits per heavy atom. The number of hydrogen-bond donors (Lipinski definition) is 2. The zero-order valence-corrected chi connectivity index (χ0v) is 10.8. The van der Waals surface area contributed by atoms with Crippen LogP contribution in [-0.4, -0.2) is 23.1 Å². The van der Waals surface area contributed by atoms with Crippen LogP contribution >= 0.6 is 0 Å². The summed E-state index contributed by atoms with van der Waals surface area (Å²) < 4.78 is 38.0. The summed E-state index contributed by atoms with van der Waals surface area (Å²) in [7, 11) is 0. The lowest BCUT2D eigenvalue weighted by Crippen LogP contribution is -2.41. The first-order chi connectivity index (χ1) is 9.36. The Balaban J connectivity index is 1.96. The Kier molecular flexibility index (Phi) is 4.15. The molecule has 1 aliphatic carbocycles. The molecule has 110 valence electrons. The van der Waals surface area contributed by atoms with Gasteiger partial charge in [-0.2, -0.15) is 13.2 Å². The summed E-state index contributed by atoms with van der Waals surface area (Å²) in [5, 5.41) is 2.61. The summed E-state index contributed by atoms with van der Waals surface area (Å²) in [4.78, 5) is 15.7. The van der Waals surface area contributed by atoms with Crippen LogP contribution in [0.1, 0.15) is 36.2 Å². The molecule has 1 saturated carbocycles. The highest BCUT2D eigenvalue weighted by Crippen LogP contribution is 2.37. The maximum Gasteiger partial charge on any atom is 0.391 e. The third-order valence-electron chi connectivity index (χ3n) is 3.49. The van der Waals surface area contributed by atoms with Crippen LogP contribution in [0.3, 0.4) is 0 Å². The van der Waals surface area contributed by atoms with Crippen molar-refractivity contribution in [1.82, 2.24) is 10.3 Å². The van der Waals surface area contributed by atoms with E-state index < -0.39 is 24.0 Å². The molecule has 1 aromatic heterocycles. The van der Waals surface area contributed by atoms with Gasteiger partial charge in [0.05, 0.1) is 17.8 Å². The van der Waals surface area contributed by atoms with Gasteiger partial charge in [0.2, 0.25) is 0 Å². The van der Waals surface area contributed by atoms with Crippen LogP contribution in [0.4, 0.5) is 18.9 Å². The SMILES string of the molecule is Nc1ccc(C(=O)NC2CCCC(C(F)(F)F)C2)nc1. The van der Waals surface area contributed by atoms with Crippen LogP contribution in [-0.2, 0) is 0 Å². The number of carbonyl (C=O) groups excluding carboxylic acids is 1. The second-order valence-electron chi connectivity index (χ2n) is 5.05. The highest BCUT2D eigenvalue weighted by Gasteiger charge is 2.42. The van der Waals surface area contributed by atoms with Crippen LogP contribution in [0.2, 0.25) is 0 Å². The number of aromatic nitrogens is 1. The topological polar surface area (TPSA) is 68.0 Å². The molecule has 0 bridgehead atoms. The molecule has 2 atom stereocenters. The fraction of sp³-hybridized carbons (Fsp3) is 0.538. The number of nitrogens with zero attached hydrogens (tertiary/aromatic N) is 1. The summed E-state index contributed by atoms with van der Waals surface area (Å²) in [6.45, 7) is 0. The van der Waals surface area contributed by atoms with Gasteiger partial charge < -0.3 is 11.1 Å². The van der Waals surface area contributed by atoms with Gasteiger partial charge in [-0.05, 0) is 31.4 Å². The number of nitrogens with two attached hydrogens (primary N) is 1. The van der Waals surface area contributed by atoms with Crippen molar-refractivity contribution < 1.29 is 18.0 Å². The van der Waals surface area contributed by atoms with Crippen molar-refractivity contribution in [1.29, 1.82) is 0 Å². The van der Waals surface area contributed by atoms with Gasteiger partial charge in [0.15, 0.2) is 0 Å². The molecule has 20 heavy (non-hydrogen) atoms. The molecule has 2 unspecified atom stereocenters. The van der Waals surface area contributed by atoms with Crippen molar-refractivity contribution in [3.63, 3.8) is 0 Å². The third kappa shape index (κ3) is 3.61. The lowest BCUT2D eigenvalue weighted by Gasteiger charge is -2.30. The lowest BCUT2D eigenvalue weighted by molar-refractivity contribution is -0.183. The largest absolute Gasteiger partial charge is 0.397 e. The molecule has 1 aromatic rings. The number of rotatable bonds is 2. The number of amides is 1. The maximum atomic E-state index is 12.7. The van der Waals surface area contributed by atoms with Crippen molar-refractivity contribution in [2.45, 2.75) is 37.9 Å². The fourth-order valence-corrected chi connectivity index (χ4v) is 2.42. The molecule has 7 heteroatoms. The maximum absolute atomic E-state index is 12.7. The van der Waals surface area contributed by atoms with E-state index in [2.05, 4.69) is 10.3 Å². The molecule has 0 saturated heterocycles. The second-order valence-corrected chi connectivity index (χ2v) is 5.05. The Labute approximate surface area is 114 Å². The first kappa shape index (κ1) is 14.6. The van der Waals surface area contributed by atoms with Gasteiger partial charge in [-0.3, -0.25) is 4.79 Å². The molecular formula is C13H16F3N3O. The number of alkyl halides is 3. The van der Waals surface area contributed by atoms with Crippen molar-refractivity contribution in [3.8, 4) is 0 Å². The highest BCUT2D eigenvalue weighted by molar-refractivity contribution is 5.92. The van der Waals surface area contributed by atoms with E-state index in [0.29, 0.717) is 18.5 Å². The van der Waals surface area contributed by atoms with Crippen LogP contribution in [0.15, 0.2) is 18.3 Å². The fourth-order valence-electron chi connectivity index (χ4n) is 2.42. The van der Waals surface area contributed by atoms with Crippen LogP contribution in [0.25, 0.3) is 0 Å². The standard InChI is InChI=1S/C13H16F3N3O/c14-13(15,16)8-2-1-3-10(6-8)19-12(20)11-5-4-9(17)7-18-11/h4-5,7-8,10H,1-3,6,17H2,(H,19,20). The molecule has 0 aromatic carbocycles. The van der Waals surface area contributed by atoms with E-state index in [1.165, 1.54) is 18.3 Å². The Morgan fingerprint density at radius 1 is 1.35 bits per heavy atom. The molecule has 1 fully saturated rings. The molecule has 4 nitrogen and oxygen atoms in total. The lowest BCUT2D eigenvalue weighted by atomic mass is 9.85. The number of pyridine rings is 1. The van der Waals surface area contributed by atoms with Crippen molar-refractivity contribution in [3.05, 3.63) is 24.0 Å². The van der Waals surface area contributed by atoms with Gasteiger partial charge in [-0.25, -0.2) is 4.98 Å². The molecule has 0 aliphatic heterocycles. The van der Waals surface area contributed by atoms with Crippen molar-refractivity contribution in [2.24, 2.45) is 5.92 Å². The van der Waals surface area contributed by atoms with Gasteiger partial charge in [0, 0.05) is 6.04 Å². The van der Waals surface area contributed by atoms with Gasteiger partial charge in [-0.15, -0.1) is 0 Å². The molecule has 0 radical (unpaired) electrons. The zero-order chi connectivity index (χ0) is 14.8. The van der Waals surface area contributed by atoms with Crippen molar-refractivity contribution in [2.75, 3.05) is 5.73 Å². The monoisotopic (exact) mass is 287 g/mol. The number of nitrogens with one attached hydrogen (secondary N) is 1. The van der Waals surface area contributed by atoms with E-state index in [1.807, 2.05) is 0 Å². The zero-order valence-electron chi connectivity index (χ0n) is 10.8.